The Kier molecular flexibility index (Phi) is 10.8. The van der Waals surface area contributed by atoms with Gasteiger partial charge in [-0.15, -0.1) is 0 Å². The molecule has 0 saturated carbocycles. The van der Waals surface area contributed by atoms with Gasteiger partial charge in [-0.05, 0) is 23.8 Å². The van der Waals surface area contributed by atoms with Crippen molar-refractivity contribution in [1.29, 1.82) is 0 Å². The van der Waals surface area contributed by atoms with Crippen LogP contribution < -0.4 is 0 Å². The van der Waals surface area contributed by atoms with Crippen molar-refractivity contribution in [2.75, 3.05) is 0 Å². The molecule has 0 aliphatic carbocycles. The first-order chi connectivity index (χ1) is 12.0. The number of fused-ring (bicyclic) bond motifs is 1. The van der Waals surface area contributed by atoms with E-state index >= 15 is 0 Å². The van der Waals surface area contributed by atoms with Crippen LogP contribution in [0.25, 0.3) is 10.8 Å². The maximum absolute atomic E-state index is 11.9. The van der Waals surface area contributed by atoms with Gasteiger partial charge in [0.2, 0.25) is 0 Å². The van der Waals surface area contributed by atoms with Crippen LogP contribution in [0, 0.1) is 0 Å². The molecule has 0 aromatic heterocycles. The Morgan fingerprint density at radius 2 is 1.38 bits per heavy atom. The van der Waals surface area contributed by atoms with Gasteiger partial charge < -0.3 is 0 Å². The van der Waals surface area contributed by atoms with Crippen molar-refractivity contribution in [3.8, 4) is 0 Å². The van der Waals surface area contributed by atoms with Gasteiger partial charge in [-0.3, -0.25) is 4.55 Å². The van der Waals surface area contributed by atoms with Crippen LogP contribution in [0.4, 0.5) is 0 Å². The fourth-order valence-corrected chi connectivity index (χ4v) is 4.38. The standard InChI is InChI=1S/C21H30O3S.Mg/c1-2-3-4-5-6-7-8-9-10-14-19-17-16-18-13-11-12-15-20(18)21(19)25(22,23)24;/h11-13,15-17H,2-10,14H2,1H3,(H,22,23,24);/q;+2. The minimum Gasteiger partial charge on any atom is -0.282 e. The van der Waals surface area contributed by atoms with Crippen molar-refractivity contribution >= 4 is 43.9 Å². The third-order valence-corrected chi connectivity index (χ3v) is 5.77. The third kappa shape index (κ3) is 7.18. The quantitative estimate of drug-likeness (QED) is 0.302. The van der Waals surface area contributed by atoms with Crippen LogP contribution in [0.5, 0.6) is 0 Å². The summed E-state index contributed by atoms with van der Waals surface area (Å²) in [5.41, 5.74) is 0.726. The summed E-state index contributed by atoms with van der Waals surface area (Å²) in [5, 5.41) is 1.45. The normalized spacial score (nSPS) is 11.5. The van der Waals surface area contributed by atoms with E-state index in [0.29, 0.717) is 11.8 Å². The average molecular weight is 387 g/mol. The Morgan fingerprint density at radius 3 is 2.00 bits per heavy atom. The predicted molar refractivity (Wildman–Crippen MR) is 110 cm³/mol. The number of unbranched alkanes of at least 4 members (excludes halogenated alkanes) is 8. The summed E-state index contributed by atoms with van der Waals surface area (Å²) in [4.78, 5) is 0.0881. The van der Waals surface area contributed by atoms with Gasteiger partial charge in [-0.25, -0.2) is 0 Å². The van der Waals surface area contributed by atoms with Gasteiger partial charge >= 0.3 is 23.1 Å². The molecule has 0 saturated heterocycles. The number of benzene rings is 2. The van der Waals surface area contributed by atoms with Gasteiger partial charge in [0.25, 0.3) is 10.1 Å². The Bertz CT molecular complexity index is 772. The average Bonchev–Trinajstić information content (AvgIpc) is 2.59. The molecule has 0 radical (unpaired) electrons. The van der Waals surface area contributed by atoms with Crippen LogP contribution in [0.2, 0.25) is 0 Å². The summed E-state index contributed by atoms with van der Waals surface area (Å²) < 4.78 is 33.5. The second kappa shape index (κ2) is 12.0. The molecule has 0 aliphatic heterocycles. The van der Waals surface area contributed by atoms with Gasteiger partial charge in [0.05, 0.1) is 0 Å². The van der Waals surface area contributed by atoms with E-state index in [-0.39, 0.29) is 27.9 Å². The minimum atomic E-state index is -4.22. The van der Waals surface area contributed by atoms with Crippen molar-refractivity contribution < 1.29 is 13.0 Å². The van der Waals surface area contributed by atoms with Crippen molar-refractivity contribution in [2.45, 2.75) is 76.0 Å². The molecule has 0 bridgehead atoms. The van der Waals surface area contributed by atoms with E-state index < -0.39 is 10.1 Å². The first kappa shape index (κ1) is 23.4. The molecule has 3 nitrogen and oxygen atoms in total. The Hall–Kier alpha value is -0.624. The first-order valence-electron chi connectivity index (χ1n) is 9.52. The Morgan fingerprint density at radius 1 is 0.808 bits per heavy atom. The first-order valence-corrected chi connectivity index (χ1v) is 11.0. The Balaban J connectivity index is 0.00000338. The van der Waals surface area contributed by atoms with Crippen molar-refractivity contribution in [2.24, 2.45) is 0 Å². The van der Waals surface area contributed by atoms with Gasteiger partial charge in [0.15, 0.2) is 0 Å². The number of aryl methyl sites for hydroxylation is 1. The van der Waals surface area contributed by atoms with Crippen LogP contribution in [0.3, 0.4) is 0 Å². The molecule has 0 spiro atoms. The third-order valence-electron chi connectivity index (χ3n) is 4.77. The molecular weight excluding hydrogens is 357 g/mol. The topological polar surface area (TPSA) is 54.4 Å². The largest absolute Gasteiger partial charge is 2.00 e. The summed E-state index contributed by atoms with van der Waals surface area (Å²) in [7, 11) is -4.22. The number of hydrogen-bond donors (Lipinski definition) is 1. The fourth-order valence-electron chi connectivity index (χ4n) is 3.42. The van der Waals surface area contributed by atoms with Crippen molar-refractivity contribution in [3.63, 3.8) is 0 Å². The second-order valence-corrected chi connectivity index (χ2v) is 8.19. The minimum absolute atomic E-state index is 0. The second-order valence-electron chi connectivity index (χ2n) is 6.83. The molecule has 0 fully saturated rings. The molecule has 0 unspecified atom stereocenters. The molecule has 0 atom stereocenters. The molecule has 5 heteroatoms. The molecule has 0 aliphatic rings. The van der Waals surface area contributed by atoms with Crippen LogP contribution in [0.1, 0.15) is 70.3 Å². The van der Waals surface area contributed by atoms with E-state index in [2.05, 4.69) is 6.92 Å². The summed E-state index contributed by atoms with van der Waals surface area (Å²) in [6.07, 6.45) is 11.8. The zero-order valence-electron chi connectivity index (χ0n) is 15.9. The summed E-state index contributed by atoms with van der Waals surface area (Å²) in [6, 6.07) is 11.1. The fraction of sp³-hybridized carbons (Fsp3) is 0.524. The summed E-state index contributed by atoms with van der Waals surface area (Å²) >= 11 is 0. The van der Waals surface area contributed by atoms with Crippen molar-refractivity contribution in [3.05, 3.63) is 42.0 Å². The van der Waals surface area contributed by atoms with E-state index in [1.807, 2.05) is 24.3 Å². The molecule has 0 heterocycles. The maximum atomic E-state index is 11.9. The molecule has 2 aromatic carbocycles. The monoisotopic (exact) mass is 386 g/mol. The maximum Gasteiger partial charge on any atom is 2.00 e. The van der Waals surface area contributed by atoms with Crippen molar-refractivity contribution in [1.82, 2.24) is 0 Å². The van der Waals surface area contributed by atoms with E-state index in [9.17, 15) is 13.0 Å². The molecule has 0 amide bonds. The summed E-state index contributed by atoms with van der Waals surface area (Å²) in [5.74, 6) is 0. The van der Waals surface area contributed by atoms with Crippen LogP contribution in [-0.4, -0.2) is 36.0 Å². The molecule has 2 rings (SSSR count). The zero-order chi connectivity index (χ0) is 18.1. The van der Waals surface area contributed by atoms with Gasteiger partial charge in [-0.1, -0.05) is 94.7 Å². The number of rotatable bonds is 11. The Labute approximate surface area is 174 Å². The van der Waals surface area contributed by atoms with E-state index in [4.69, 9.17) is 0 Å². The van der Waals surface area contributed by atoms with Gasteiger partial charge in [-0.2, -0.15) is 8.42 Å². The molecule has 1 N–H and O–H groups in total. The predicted octanol–water partition coefficient (Wildman–Crippen LogP) is 5.78. The molecule has 2 aromatic rings. The van der Waals surface area contributed by atoms with Crippen LogP contribution in [0.15, 0.2) is 41.3 Å². The van der Waals surface area contributed by atoms with E-state index in [1.54, 1.807) is 12.1 Å². The smallest absolute Gasteiger partial charge is 0.282 e. The SMILES string of the molecule is CCCCCCCCCCCc1ccc2ccccc2c1S(=O)(=O)O.[Mg+2]. The van der Waals surface area contributed by atoms with E-state index in [0.717, 1.165) is 23.8 Å². The zero-order valence-corrected chi connectivity index (χ0v) is 18.1. The number of hydrogen-bond acceptors (Lipinski definition) is 2. The van der Waals surface area contributed by atoms with Gasteiger partial charge in [0, 0.05) is 5.39 Å². The molecular formula is C21H30MgO3S+2. The van der Waals surface area contributed by atoms with E-state index in [1.165, 1.54) is 44.9 Å². The van der Waals surface area contributed by atoms with Crippen LogP contribution >= 0.6 is 0 Å². The molecule has 26 heavy (non-hydrogen) atoms. The molecule has 138 valence electrons. The van der Waals surface area contributed by atoms with Gasteiger partial charge in [0.1, 0.15) is 4.90 Å². The van der Waals surface area contributed by atoms with Crippen LogP contribution in [-0.2, 0) is 16.5 Å². The summed E-state index contributed by atoms with van der Waals surface area (Å²) in [6.45, 7) is 2.23.